The summed E-state index contributed by atoms with van der Waals surface area (Å²) in [4.78, 5) is 4.46. The number of methoxy groups -OCH3 is 1. The van der Waals surface area contributed by atoms with Gasteiger partial charge < -0.3 is 10.1 Å². The Labute approximate surface area is 158 Å². The van der Waals surface area contributed by atoms with Crippen LogP contribution in [0.3, 0.4) is 0 Å². The van der Waals surface area contributed by atoms with Crippen LogP contribution in [-0.4, -0.2) is 31.5 Å². The van der Waals surface area contributed by atoms with Gasteiger partial charge in [0.05, 0.1) is 18.5 Å². The summed E-state index contributed by atoms with van der Waals surface area (Å²) in [6, 6.07) is 13.6. The zero-order valence-electron chi connectivity index (χ0n) is 14.5. The lowest BCUT2D eigenvalue weighted by Gasteiger charge is -2.04. The Hall–Kier alpha value is -3.33. The molecule has 0 radical (unpaired) electrons. The van der Waals surface area contributed by atoms with Gasteiger partial charge in [0.1, 0.15) is 11.6 Å². The topological polar surface area (TPSA) is 77.8 Å². The second-order valence-corrected chi connectivity index (χ2v) is 6.44. The van der Waals surface area contributed by atoms with Crippen molar-refractivity contribution in [3.8, 4) is 23.0 Å². The number of hydrogen-bond acceptors (Lipinski definition) is 7. The van der Waals surface area contributed by atoms with Gasteiger partial charge in [-0.2, -0.15) is 9.36 Å². The number of aromatic nitrogens is 5. The molecule has 4 aromatic rings. The summed E-state index contributed by atoms with van der Waals surface area (Å²) in [7, 11) is 1.62. The van der Waals surface area contributed by atoms with Crippen molar-refractivity contribution in [2.45, 2.75) is 6.92 Å². The van der Waals surface area contributed by atoms with Crippen LogP contribution in [0.1, 0.15) is 5.69 Å². The summed E-state index contributed by atoms with van der Waals surface area (Å²) in [5.41, 5.74) is 3.03. The molecule has 27 heavy (non-hydrogen) atoms. The highest BCUT2D eigenvalue weighted by molar-refractivity contribution is 7.09. The SMILES string of the molecule is COc1ccc(-n2nnc(-c3nsc(Nc4ccc(F)cc4)n3)c2C)cc1. The Balaban J connectivity index is 1.58. The molecule has 2 heterocycles. The van der Waals surface area contributed by atoms with Crippen LogP contribution < -0.4 is 10.1 Å². The summed E-state index contributed by atoms with van der Waals surface area (Å²) < 4.78 is 24.3. The van der Waals surface area contributed by atoms with Gasteiger partial charge in [0, 0.05) is 17.2 Å². The molecule has 0 saturated heterocycles. The third-order valence-electron chi connectivity index (χ3n) is 3.94. The number of anilines is 2. The highest BCUT2D eigenvalue weighted by Gasteiger charge is 2.17. The zero-order valence-corrected chi connectivity index (χ0v) is 15.4. The maximum absolute atomic E-state index is 13.0. The van der Waals surface area contributed by atoms with Crippen LogP contribution >= 0.6 is 11.5 Å². The summed E-state index contributed by atoms with van der Waals surface area (Å²) in [6.07, 6.45) is 0. The molecule has 0 fully saturated rings. The molecule has 0 aliphatic carbocycles. The predicted molar refractivity (Wildman–Crippen MR) is 101 cm³/mol. The highest BCUT2D eigenvalue weighted by atomic mass is 32.1. The minimum Gasteiger partial charge on any atom is -0.497 e. The standard InChI is InChI=1S/C18H15FN6OS/c1-11-16(22-24-25(11)14-7-9-15(26-2)10-8-14)17-21-18(27-23-17)20-13-5-3-12(19)4-6-13/h3-10H,1-2H3,(H,20,21,23). The fourth-order valence-electron chi connectivity index (χ4n) is 2.53. The number of hydrogen-bond donors (Lipinski definition) is 1. The molecule has 0 aliphatic rings. The average molecular weight is 382 g/mol. The summed E-state index contributed by atoms with van der Waals surface area (Å²) in [5.74, 6) is 0.973. The van der Waals surface area contributed by atoms with E-state index in [4.69, 9.17) is 4.74 Å². The summed E-state index contributed by atoms with van der Waals surface area (Å²) >= 11 is 1.20. The molecule has 0 aliphatic heterocycles. The van der Waals surface area contributed by atoms with E-state index in [1.165, 1.54) is 23.7 Å². The lowest BCUT2D eigenvalue weighted by Crippen LogP contribution is -1.99. The Kier molecular flexibility index (Phi) is 4.51. The molecule has 0 unspecified atom stereocenters. The van der Waals surface area contributed by atoms with Crippen molar-refractivity contribution < 1.29 is 9.13 Å². The van der Waals surface area contributed by atoms with Crippen molar-refractivity contribution in [1.82, 2.24) is 24.4 Å². The van der Waals surface area contributed by atoms with Crippen LogP contribution in [0.2, 0.25) is 0 Å². The largest absolute Gasteiger partial charge is 0.497 e. The third kappa shape index (κ3) is 3.49. The van der Waals surface area contributed by atoms with Gasteiger partial charge in [-0.15, -0.1) is 5.10 Å². The van der Waals surface area contributed by atoms with E-state index >= 15 is 0 Å². The van der Waals surface area contributed by atoms with E-state index in [1.54, 1.807) is 23.9 Å². The molecule has 2 aromatic carbocycles. The second kappa shape index (κ2) is 7.12. The van der Waals surface area contributed by atoms with E-state index in [0.29, 0.717) is 16.6 Å². The third-order valence-corrected chi connectivity index (χ3v) is 4.58. The molecule has 9 heteroatoms. The van der Waals surface area contributed by atoms with Crippen molar-refractivity contribution in [3.05, 3.63) is 60.0 Å². The Morgan fingerprint density at radius 1 is 1.07 bits per heavy atom. The molecule has 2 aromatic heterocycles. The van der Waals surface area contributed by atoms with Crippen LogP contribution in [-0.2, 0) is 0 Å². The van der Waals surface area contributed by atoms with Gasteiger partial charge in [-0.25, -0.2) is 9.07 Å². The molecule has 136 valence electrons. The predicted octanol–water partition coefficient (Wildman–Crippen LogP) is 3.99. The van der Waals surface area contributed by atoms with Gasteiger partial charge in [0.25, 0.3) is 0 Å². The number of ether oxygens (including phenoxy) is 1. The fourth-order valence-corrected chi connectivity index (χ4v) is 3.12. The van der Waals surface area contributed by atoms with Gasteiger partial charge in [-0.3, -0.25) is 0 Å². The van der Waals surface area contributed by atoms with Crippen molar-refractivity contribution in [2.75, 3.05) is 12.4 Å². The van der Waals surface area contributed by atoms with E-state index in [1.807, 2.05) is 31.2 Å². The van der Waals surface area contributed by atoms with Crippen LogP contribution in [0, 0.1) is 12.7 Å². The minimum atomic E-state index is -0.288. The number of halogens is 1. The van der Waals surface area contributed by atoms with Crippen molar-refractivity contribution >= 4 is 22.4 Å². The van der Waals surface area contributed by atoms with E-state index < -0.39 is 0 Å². The van der Waals surface area contributed by atoms with Gasteiger partial charge in [0.2, 0.25) is 5.13 Å². The van der Waals surface area contributed by atoms with Gasteiger partial charge in [-0.05, 0) is 55.5 Å². The Bertz CT molecular complexity index is 1060. The lowest BCUT2D eigenvalue weighted by atomic mass is 10.2. The van der Waals surface area contributed by atoms with Crippen molar-refractivity contribution in [2.24, 2.45) is 0 Å². The van der Waals surface area contributed by atoms with Gasteiger partial charge >= 0.3 is 0 Å². The van der Waals surface area contributed by atoms with Crippen LogP contribution in [0.25, 0.3) is 17.2 Å². The molecule has 1 N–H and O–H groups in total. The molecule has 0 amide bonds. The maximum Gasteiger partial charge on any atom is 0.207 e. The van der Waals surface area contributed by atoms with Gasteiger partial charge in [-0.1, -0.05) is 5.21 Å². The summed E-state index contributed by atoms with van der Waals surface area (Å²) in [6.45, 7) is 1.91. The first-order valence-electron chi connectivity index (χ1n) is 8.07. The first kappa shape index (κ1) is 17.1. The number of rotatable bonds is 5. The van der Waals surface area contributed by atoms with Crippen LogP contribution in [0.15, 0.2) is 48.5 Å². The number of nitrogens with zero attached hydrogens (tertiary/aromatic N) is 5. The quantitative estimate of drug-likeness (QED) is 0.562. The minimum absolute atomic E-state index is 0.288. The molecule has 0 atom stereocenters. The average Bonchev–Trinajstić information content (AvgIpc) is 3.30. The molecule has 7 nitrogen and oxygen atoms in total. The van der Waals surface area contributed by atoms with E-state index in [2.05, 4.69) is 25.0 Å². The normalized spacial score (nSPS) is 10.8. The van der Waals surface area contributed by atoms with Crippen LogP contribution in [0.4, 0.5) is 15.2 Å². The number of benzene rings is 2. The summed E-state index contributed by atoms with van der Waals surface area (Å²) in [5, 5.41) is 12.1. The van der Waals surface area contributed by atoms with Crippen molar-refractivity contribution in [1.29, 1.82) is 0 Å². The smallest absolute Gasteiger partial charge is 0.207 e. The van der Waals surface area contributed by atoms with Crippen molar-refractivity contribution in [3.63, 3.8) is 0 Å². The Morgan fingerprint density at radius 3 is 2.52 bits per heavy atom. The molecule has 4 rings (SSSR count). The van der Waals surface area contributed by atoms with E-state index in [9.17, 15) is 4.39 Å². The monoisotopic (exact) mass is 382 g/mol. The Morgan fingerprint density at radius 2 is 1.81 bits per heavy atom. The van der Waals surface area contributed by atoms with E-state index in [0.717, 1.165) is 22.8 Å². The second-order valence-electron chi connectivity index (χ2n) is 5.69. The maximum atomic E-state index is 13.0. The number of nitrogens with one attached hydrogen (secondary N) is 1. The fraction of sp³-hybridized carbons (Fsp3) is 0.111. The highest BCUT2D eigenvalue weighted by Crippen LogP contribution is 2.26. The first-order chi connectivity index (χ1) is 13.1. The molecule has 0 bridgehead atoms. The zero-order chi connectivity index (χ0) is 18.8. The molecular weight excluding hydrogens is 367 g/mol. The van der Waals surface area contributed by atoms with E-state index in [-0.39, 0.29) is 5.82 Å². The van der Waals surface area contributed by atoms with Crippen LogP contribution in [0.5, 0.6) is 5.75 Å². The lowest BCUT2D eigenvalue weighted by molar-refractivity contribution is 0.414. The molecular formula is C18H15FN6OS. The molecule has 0 spiro atoms. The van der Waals surface area contributed by atoms with Gasteiger partial charge in [0.15, 0.2) is 11.5 Å². The molecule has 0 saturated carbocycles. The first-order valence-corrected chi connectivity index (χ1v) is 8.85.